The Morgan fingerprint density at radius 3 is 2.70 bits per heavy atom. The average molecular weight is 354 g/mol. The second-order valence-corrected chi connectivity index (χ2v) is 5.24. The molecule has 0 unspecified atom stereocenters. The number of benzene rings is 2. The Morgan fingerprint density at radius 2 is 2.05 bits per heavy atom. The molecule has 0 spiro atoms. The molecule has 0 aliphatic heterocycles. The van der Waals surface area contributed by atoms with Crippen LogP contribution in [0.25, 0.3) is 6.08 Å². The zero-order valence-corrected chi connectivity index (χ0v) is 12.6. The third kappa shape index (κ3) is 4.11. The molecule has 3 nitrogen and oxygen atoms in total. The molecule has 20 heavy (non-hydrogen) atoms. The molecule has 2 rings (SSSR count). The highest BCUT2D eigenvalue weighted by molar-refractivity contribution is 9.10. The molecule has 0 amide bonds. The molecule has 0 bridgehead atoms. The van der Waals surface area contributed by atoms with Gasteiger partial charge < -0.3 is 9.84 Å². The topological polar surface area (TPSA) is 46.5 Å². The average Bonchev–Trinajstić information content (AvgIpc) is 2.39. The van der Waals surface area contributed by atoms with Crippen LogP contribution in [0, 0.1) is 0 Å². The predicted octanol–water partition coefficient (Wildman–Crippen LogP) is 4.99. The van der Waals surface area contributed by atoms with E-state index in [2.05, 4.69) is 15.9 Å². The van der Waals surface area contributed by atoms with Gasteiger partial charge in [0, 0.05) is 10.5 Å². The quantitative estimate of drug-likeness (QED) is 0.787. The lowest BCUT2D eigenvalue weighted by molar-refractivity contribution is -0.131. The van der Waals surface area contributed by atoms with E-state index in [1.165, 1.54) is 6.08 Å². The summed E-state index contributed by atoms with van der Waals surface area (Å²) in [6.07, 6.45) is 2.53. The number of halogens is 2. The van der Waals surface area contributed by atoms with Gasteiger partial charge in [-0.25, -0.2) is 4.79 Å². The number of aliphatic carboxylic acids is 1. The number of hydrogen-bond donors (Lipinski definition) is 1. The molecule has 0 saturated heterocycles. The first-order chi connectivity index (χ1) is 9.54. The smallest absolute Gasteiger partial charge is 0.328 e. The lowest BCUT2D eigenvalue weighted by Gasteiger charge is -2.08. The molecule has 1 N–H and O–H groups in total. The van der Waals surface area contributed by atoms with Crippen LogP contribution in [0.5, 0.6) is 11.5 Å². The van der Waals surface area contributed by atoms with Crippen molar-refractivity contribution < 1.29 is 14.6 Å². The van der Waals surface area contributed by atoms with Gasteiger partial charge in [0.1, 0.15) is 11.5 Å². The number of rotatable bonds is 4. The van der Waals surface area contributed by atoms with Crippen LogP contribution >= 0.6 is 27.5 Å². The van der Waals surface area contributed by atoms with E-state index >= 15 is 0 Å². The van der Waals surface area contributed by atoms with E-state index in [0.717, 1.165) is 10.5 Å². The predicted molar refractivity (Wildman–Crippen MR) is 82.3 cm³/mol. The Bertz CT molecular complexity index is 668. The van der Waals surface area contributed by atoms with Gasteiger partial charge in [0.25, 0.3) is 0 Å². The van der Waals surface area contributed by atoms with Gasteiger partial charge in [-0.3, -0.25) is 0 Å². The van der Waals surface area contributed by atoms with Crippen molar-refractivity contribution in [1.29, 1.82) is 0 Å². The summed E-state index contributed by atoms with van der Waals surface area (Å²) in [4.78, 5) is 10.4. The number of carboxylic acids is 1. The Morgan fingerprint density at radius 1 is 1.25 bits per heavy atom. The molecule has 0 heterocycles. The minimum Gasteiger partial charge on any atom is -0.478 e. The van der Waals surface area contributed by atoms with Crippen molar-refractivity contribution >= 4 is 39.6 Å². The van der Waals surface area contributed by atoms with E-state index < -0.39 is 5.97 Å². The van der Waals surface area contributed by atoms with E-state index in [0.29, 0.717) is 22.1 Å². The van der Waals surface area contributed by atoms with E-state index in [1.54, 1.807) is 18.2 Å². The highest BCUT2D eigenvalue weighted by Gasteiger charge is 2.04. The summed E-state index contributed by atoms with van der Waals surface area (Å²) < 4.78 is 6.58. The molecule has 2 aromatic carbocycles. The van der Waals surface area contributed by atoms with Crippen LogP contribution in [0.15, 0.2) is 53.0 Å². The first kappa shape index (κ1) is 14.6. The van der Waals surface area contributed by atoms with Crippen LogP contribution in [0.2, 0.25) is 5.02 Å². The lowest BCUT2D eigenvalue weighted by atomic mass is 10.2. The Balaban J connectivity index is 2.20. The second kappa shape index (κ2) is 6.59. The van der Waals surface area contributed by atoms with Crippen LogP contribution in [-0.4, -0.2) is 11.1 Å². The van der Waals surface area contributed by atoms with Gasteiger partial charge in [0.15, 0.2) is 0 Å². The van der Waals surface area contributed by atoms with Crippen molar-refractivity contribution in [2.45, 2.75) is 0 Å². The first-order valence-electron chi connectivity index (χ1n) is 5.68. The highest BCUT2D eigenvalue weighted by atomic mass is 79.9. The van der Waals surface area contributed by atoms with Gasteiger partial charge in [-0.15, -0.1) is 0 Å². The number of carbonyl (C=O) groups is 1. The molecule has 0 radical (unpaired) electrons. The lowest BCUT2D eigenvalue weighted by Crippen LogP contribution is -1.87. The first-order valence-corrected chi connectivity index (χ1v) is 6.85. The van der Waals surface area contributed by atoms with Crippen LogP contribution in [0.1, 0.15) is 5.56 Å². The summed E-state index contributed by atoms with van der Waals surface area (Å²) in [7, 11) is 0. The van der Waals surface area contributed by atoms with Crippen molar-refractivity contribution in [3.05, 3.63) is 63.6 Å². The third-order valence-electron chi connectivity index (χ3n) is 2.40. The van der Waals surface area contributed by atoms with Crippen LogP contribution in [0.4, 0.5) is 0 Å². The van der Waals surface area contributed by atoms with Crippen LogP contribution in [-0.2, 0) is 4.79 Å². The maximum atomic E-state index is 10.4. The van der Waals surface area contributed by atoms with Crippen molar-refractivity contribution in [2.75, 3.05) is 0 Å². The van der Waals surface area contributed by atoms with Crippen molar-refractivity contribution in [3.63, 3.8) is 0 Å². The van der Waals surface area contributed by atoms with E-state index in [-0.39, 0.29) is 0 Å². The Kier molecular flexibility index (Phi) is 4.82. The van der Waals surface area contributed by atoms with E-state index in [1.807, 2.05) is 24.3 Å². The fourth-order valence-electron chi connectivity index (χ4n) is 1.53. The largest absolute Gasteiger partial charge is 0.478 e. The normalized spacial score (nSPS) is 10.7. The number of ether oxygens (including phenoxy) is 1. The molecule has 0 fully saturated rings. The SMILES string of the molecule is O=C(O)/C=C/c1ccc(Oc2cccc(Br)c2)c(Cl)c1. The monoisotopic (exact) mass is 352 g/mol. The molecular weight excluding hydrogens is 344 g/mol. The summed E-state index contributed by atoms with van der Waals surface area (Å²) in [5.74, 6) is 0.169. The van der Waals surface area contributed by atoms with Crippen molar-refractivity contribution in [3.8, 4) is 11.5 Å². The van der Waals surface area contributed by atoms with Gasteiger partial charge in [0.05, 0.1) is 5.02 Å². The van der Waals surface area contributed by atoms with Crippen molar-refractivity contribution in [1.82, 2.24) is 0 Å². The molecule has 0 saturated carbocycles. The van der Waals surface area contributed by atoms with Crippen LogP contribution < -0.4 is 4.74 Å². The van der Waals surface area contributed by atoms with Crippen molar-refractivity contribution in [2.24, 2.45) is 0 Å². The van der Waals surface area contributed by atoms with Crippen LogP contribution in [0.3, 0.4) is 0 Å². The van der Waals surface area contributed by atoms with E-state index in [9.17, 15) is 4.79 Å². The zero-order valence-electron chi connectivity index (χ0n) is 10.2. The Hall–Kier alpha value is -1.78. The van der Waals surface area contributed by atoms with Gasteiger partial charge >= 0.3 is 5.97 Å². The standard InChI is InChI=1S/C15H10BrClO3/c16-11-2-1-3-12(9-11)20-14-6-4-10(8-13(14)17)5-7-15(18)19/h1-9H,(H,18,19)/b7-5+. The summed E-state index contributed by atoms with van der Waals surface area (Å²) in [5.41, 5.74) is 0.694. The molecule has 102 valence electrons. The minimum atomic E-state index is -1.00. The molecule has 0 atom stereocenters. The Labute approximate surface area is 129 Å². The molecular formula is C15H10BrClO3. The van der Waals surface area contributed by atoms with E-state index in [4.69, 9.17) is 21.4 Å². The summed E-state index contributed by atoms with van der Waals surface area (Å²) in [6, 6.07) is 12.5. The van der Waals surface area contributed by atoms with Gasteiger partial charge in [-0.1, -0.05) is 39.7 Å². The van der Waals surface area contributed by atoms with Gasteiger partial charge in [-0.2, -0.15) is 0 Å². The molecule has 0 aliphatic rings. The zero-order chi connectivity index (χ0) is 14.5. The molecule has 0 aromatic heterocycles. The minimum absolute atomic E-state index is 0.414. The highest BCUT2D eigenvalue weighted by Crippen LogP contribution is 2.31. The fraction of sp³-hybridized carbons (Fsp3) is 0. The van der Waals surface area contributed by atoms with Gasteiger partial charge in [-0.05, 0) is 42.0 Å². The molecule has 5 heteroatoms. The number of hydrogen-bond acceptors (Lipinski definition) is 2. The number of carboxylic acid groups (broad SMARTS) is 1. The summed E-state index contributed by atoms with van der Waals surface area (Å²) in [5, 5.41) is 8.98. The third-order valence-corrected chi connectivity index (χ3v) is 3.19. The van der Waals surface area contributed by atoms with Gasteiger partial charge in [0.2, 0.25) is 0 Å². The fourth-order valence-corrected chi connectivity index (χ4v) is 2.13. The molecule has 2 aromatic rings. The maximum absolute atomic E-state index is 10.4. The summed E-state index contributed by atoms with van der Waals surface area (Å²) >= 11 is 9.48. The summed E-state index contributed by atoms with van der Waals surface area (Å²) in [6.45, 7) is 0. The second-order valence-electron chi connectivity index (χ2n) is 3.92. The molecule has 0 aliphatic carbocycles. The maximum Gasteiger partial charge on any atom is 0.328 e.